The van der Waals surface area contributed by atoms with Gasteiger partial charge in [0, 0.05) is 6.42 Å². The average Bonchev–Trinajstić information content (AvgIpc) is 2.93. The fourth-order valence-corrected chi connectivity index (χ4v) is 3.87. The molecule has 1 saturated carbocycles. The van der Waals surface area contributed by atoms with Gasteiger partial charge in [-0.3, -0.25) is 9.89 Å². The Hall–Kier alpha value is -1.04. The molecule has 3 atom stereocenters. The molecule has 1 fully saturated rings. The van der Waals surface area contributed by atoms with Crippen LogP contribution in [0.1, 0.15) is 59.2 Å². The minimum atomic E-state index is -0.151. The van der Waals surface area contributed by atoms with E-state index in [4.69, 9.17) is 4.74 Å². The first-order valence-corrected chi connectivity index (χ1v) is 9.71. The van der Waals surface area contributed by atoms with Crippen LogP contribution >= 0.6 is 11.8 Å². The topological polar surface area (TPSA) is 67.9 Å². The summed E-state index contributed by atoms with van der Waals surface area (Å²) in [6.07, 6.45) is 5.36. The summed E-state index contributed by atoms with van der Waals surface area (Å²) in [5.41, 5.74) is 0. The molecule has 2 rings (SSSR count). The molecule has 0 unspecified atom stereocenters. The minimum Gasteiger partial charge on any atom is -0.461 e. The van der Waals surface area contributed by atoms with Gasteiger partial charge in [0.05, 0.1) is 5.75 Å². The Morgan fingerprint density at radius 3 is 2.91 bits per heavy atom. The maximum Gasteiger partial charge on any atom is 0.316 e. The van der Waals surface area contributed by atoms with Crippen molar-refractivity contribution in [2.24, 2.45) is 17.8 Å². The van der Waals surface area contributed by atoms with Gasteiger partial charge in [-0.1, -0.05) is 45.9 Å². The number of nitrogens with zero attached hydrogens (tertiary/aromatic N) is 2. The smallest absolute Gasteiger partial charge is 0.316 e. The molecule has 0 spiro atoms. The first kappa shape index (κ1) is 18.3. The minimum absolute atomic E-state index is 0.0645. The predicted octanol–water partition coefficient (Wildman–Crippen LogP) is 3.85. The monoisotopic (exact) mass is 339 g/mol. The lowest BCUT2D eigenvalue weighted by Crippen LogP contribution is -2.36. The molecular weight excluding hydrogens is 310 g/mol. The number of carbonyl (C=O) groups excluding carboxylic acids is 1. The fraction of sp³-hybridized carbons (Fsp3) is 0.824. The molecule has 1 aromatic rings. The largest absolute Gasteiger partial charge is 0.461 e. The van der Waals surface area contributed by atoms with Gasteiger partial charge in [0.2, 0.25) is 5.16 Å². The Bertz CT molecular complexity index is 504. The van der Waals surface area contributed by atoms with Crippen LogP contribution in [0.15, 0.2) is 5.16 Å². The third-order valence-electron chi connectivity index (χ3n) is 4.56. The van der Waals surface area contributed by atoms with Gasteiger partial charge in [0.1, 0.15) is 11.9 Å². The van der Waals surface area contributed by atoms with E-state index in [1.807, 2.05) is 0 Å². The van der Waals surface area contributed by atoms with Gasteiger partial charge in [0.25, 0.3) is 0 Å². The summed E-state index contributed by atoms with van der Waals surface area (Å²) in [7, 11) is 0. The molecule has 6 heteroatoms. The van der Waals surface area contributed by atoms with Crippen LogP contribution in [0.5, 0.6) is 0 Å². The summed E-state index contributed by atoms with van der Waals surface area (Å²) in [6.45, 7) is 8.79. The lowest BCUT2D eigenvalue weighted by atomic mass is 9.75. The summed E-state index contributed by atoms with van der Waals surface area (Å²) < 4.78 is 5.79. The molecule has 1 heterocycles. The SMILES string of the molecule is CCCc1nc(SCC(=O)O[C@@H]2C[C@@H](C)CC[C@@H]2C(C)C)n[nH]1. The normalized spacial score (nSPS) is 24.8. The van der Waals surface area contributed by atoms with Crippen LogP contribution in [0.4, 0.5) is 0 Å². The second-order valence-corrected chi connectivity index (χ2v) is 7.90. The van der Waals surface area contributed by atoms with E-state index in [0.29, 0.717) is 22.9 Å². The van der Waals surface area contributed by atoms with Crippen molar-refractivity contribution in [3.05, 3.63) is 5.82 Å². The maximum absolute atomic E-state index is 12.2. The molecule has 1 N–H and O–H groups in total. The average molecular weight is 340 g/mol. The molecule has 0 aromatic carbocycles. The summed E-state index contributed by atoms with van der Waals surface area (Å²) in [5, 5.41) is 7.66. The van der Waals surface area contributed by atoms with Crippen molar-refractivity contribution in [1.29, 1.82) is 0 Å². The number of H-pyrrole nitrogens is 1. The van der Waals surface area contributed by atoms with Crippen LogP contribution in [0, 0.1) is 17.8 Å². The van der Waals surface area contributed by atoms with E-state index in [1.165, 1.54) is 18.2 Å². The van der Waals surface area contributed by atoms with E-state index in [0.717, 1.165) is 31.5 Å². The van der Waals surface area contributed by atoms with Gasteiger partial charge in [-0.15, -0.1) is 5.10 Å². The number of thioether (sulfide) groups is 1. The third kappa shape index (κ3) is 5.52. The van der Waals surface area contributed by atoms with E-state index >= 15 is 0 Å². The Labute approximate surface area is 143 Å². The lowest BCUT2D eigenvalue weighted by Gasteiger charge is -2.36. The first-order valence-electron chi connectivity index (χ1n) is 8.73. The fourth-order valence-electron chi connectivity index (χ4n) is 3.27. The van der Waals surface area contributed by atoms with E-state index in [2.05, 4.69) is 42.9 Å². The van der Waals surface area contributed by atoms with Crippen molar-refractivity contribution in [2.75, 3.05) is 5.75 Å². The highest BCUT2D eigenvalue weighted by molar-refractivity contribution is 7.99. The number of hydrogen-bond acceptors (Lipinski definition) is 5. The molecular formula is C17H29N3O2S. The van der Waals surface area contributed by atoms with Crippen molar-refractivity contribution in [3.8, 4) is 0 Å². The van der Waals surface area contributed by atoms with Gasteiger partial charge >= 0.3 is 5.97 Å². The second kappa shape index (κ2) is 8.71. The van der Waals surface area contributed by atoms with Gasteiger partial charge in [-0.25, -0.2) is 4.98 Å². The van der Waals surface area contributed by atoms with E-state index in [-0.39, 0.29) is 17.8 Å². The number of aryl methyl sites for hydroxylation is 1. The Morgan fingerprint density at radius 1 is 1.43 bits per heavy atom. The zero-order valence-corrected chi connectivity index (χ0v) is 15.5. The standard InChI is InChI=1S/C17H29N3O2S/c1-5-6-15-18-17(20-19-15)23-10-16(21)22-14-9-12(4)7-8-13(14)11(2)3/h11-14H,5-10H2,1-4H3,(H,18,19,20)/t12-,13+,14+/m0/s1. The Balaban J connectivity index is 1.82. The highest BCUT2D eigenvalue weighted by Crippen LogP contribution is 2.35. The van der Waals surface area contributed by atoms with Crippen LogP contribution < -0.4 is 0 Å². The number of esters is 1. The molecule has 0 radical (unpaired) electrons. The Kier molecular flexibility index (Phi) is 6.93. The molecule has 0 aliphatic heterocycles. The Morgan fingerprint density at radius 2 is 2.22 bits per heavy atom. The van der Waals surface area contributed by atoms with Gasteiger partial charge < -0.3 is 4.74 Å². The van der Waals surface area contributed by atoms with Crippen molar-refractivity contribution < 1.29 is 9.53 Å². The van der Waals surface area contributed by atoms with E-state index in [1.54, 1.807) is 0 Å². The van der Waals surface area contributed by atoms with Crippen LogP contribution in [0.3, 0.4) is 0 Å². The number of aromatic amines is 1. The summed E-state index contributed by atoms with van der Waals surface area (Å²) in [6, 6.07) is 0. The van der Waals surface area contributed by atoms with Gasteiger partial charge in [0.15, 0.2) is 0 Å². The predicted molar refractivity (Wildman–Crippen MR) is 92.3 cm³/mol. The molecule has 130 valence electrons. The molecule has 0 amide bonds. The van der Waals surface area contributed by atoms with Crippen LogP contribution in [-0.4, -0.2) is 33.0 Å². The van der Waals surface area contributed by atoms with E-state index in [9.17, 15) is 4.79 Å². The summed E-state index contributed by atoms with van der Waals surface area (Å²) in [4.78, 5) is 16.5. The lowest BCUT2D eigenvalue weighted by molar-refractivity contribution is -0.152. The zero-order chi connectivity index (χ0) is 16.8. The summed E-state index contributed by atoms with van der Waals surface area (Å²) in [5.74, 6) is 2.68. The zero-order valence-electron chi connectivity index (χ0n) is 14.7. The quantitative estimate of drug-likeness (QED) is 0.603. The molecule has 1 aliphatic carbocycles. The van der Waals surface area contributed by atoms with Crippen LogP contribution in [0.25, 0.3) is 0 Å². The highest BCUT2D eigenvalue weighted by Gasteiger charge is 2.33. The molecule has 0 bridgehead atoms. The molecule has 1 aromatic heterocycles. The maximum atomic E-state index is 12.2. The third-order valence-corrected chi connectivity index (χ3v) is 5.38. The van der Waals surface area contributed by atoms with Crippen molar-refractivity contribution in [2.45, 2.75) is 71.1 Å². The number of nitrogens with one attached hydrogen (secondary N) is 1. The van der Waals surface area contributed by atoms with Gasteiger partial charge in [-0.2, -0.15) is 0 Å². The first-order chi connectivity index (χ1) is 11.0. The number of carbonyl (C=O) groups is 1. The molecule has 0 saturated heterocycles. The summed E-state index contributed by atoms with van der Waals surface area (Å²) >= 11 is 1.35. The van der Waals surface area contributed by atoms with Crippen LogP contribution in [-0.2, 0) is 16.0 Å². The van der Waals surface area contributed by atoms with Crippen LogP contribution in [0.2, 0.25) is 0 Å². The van der Waals surface area contributed by atoms with E-state index < -0.39 is 0 Å². The van der Waals surface area contributed by atoms with Gasteiger partial charge in [-0.05, 0) is 37.0 Å². The van der Waals surface area contributed by atoms with Crippen molar-refractivity contribution in [3.63, 3.8) is 0 Å². The highest BCUT2D eigenvalue weighted by atomic mass is 32.2. The number of hydrogen-bond donors (Lipinski definition) is 1. The molecule has 5 nitrogen and oxygen atoms in total. The van der Waals surface area contributed by atoms with Crippen molar-refractivity contribution in [1.82, 2.24) is 15.2 Å². The number of aromatic nitrogens is 3. The molecule has 23 heavy (non-hydrogen) atoms. The van der Waals surface area contributed by atoms with Crippen molar-refractivity contribution >= 4 is 17.7 Å². The number of ether oxygens (including phenoxy) is 1. The number of rotatable bonds is 7. The molecule has 1 aliphatic rings. The second-order valence-electron chi connectivity index (χ2n) is 6.96.